The van der Waals surface area contributed by atoms with E-state index in [0.717, 1.165) is 5.76 Å². The smallest absolute Gasteiger partial charge is 0.371 e. The van der Waals surface area contributed by atoms with Gasteiger partial charge in [0.1, 0.15) is 11.5 Å². The lowest BCUT2D eigenvalue weighted by molar-refractivity contribution is 0.0659. The maximum absolute atomic E-state index is 11.6. The summed E-state index contributed by atoms with van der Waals surface area (Å²) >= 11 is 0. The van der Waals surface area contributed by atoms with Gasteiger partial charge in [-0.1, -0.05) is 0 Å². The summed E-state index contributed by atoms with van der Waals surface area (Å²) in [5, 5.41) is 11.2. The summed E-state index contributed by atoms with van der Waals surface area (Å²) in [7, 11) is 0. The minimum absolute atomic E-state index is 0.0457. The van der Waals surface area contributed by atoms with Crippen LogP contribution >= 0.6 is 0 Å². The molecule has 0 unspecified atom stereocenters. The van der Waals surface area contributed by atoms with Gasteiger partial charge in [0.05, 0.1) is 6.54 Å². The van der Waals surface area contributed by atoms with Crippen LogP contribution < -0.4 is 5.32 Å². The van der Waals surface area contributed by atoms with Crippen molar-refractivity contribution in [1.29, 1.82) is 0 Å². The Morgan fingerprint density at radius 2 is 1.89 bits per heavy atom. The number of amides is 1. The average Bonchev–Trinajstić information content (AvgIpc) is 2.94. The quantitative estimate of drug-likeness (QED) is 0.861. The highest BCUT2D eigenvalue weighted by Crippen LogP contribution is 2.09. The van der Waals surface area contributed by atoms with Crippen molar-refractivity contribution in [2.24, 2.45) is 0 Å². The minimum Gasteiger partial charge on any atom is -0.475 e. The van der Waals surface area contributed by atoms with Gasteiger partial charge in [-0.2, -0.15) is 0 Å². The van der Waals surface area contributed by atoms with Crippen LogP contribution in [0.5, 0.6) is 0 Å². The molecule has 2 aromatic rings. The molecule has 0 atom stereocenters. The average molecular weight is 249 g/mol. The van der Waals surface area contributed by atoms with Gasteiger partial charge in [0.25, 0.3) is 5.91 Å². The molecule has 6 nitrogen and oxygen atoms in total. The van der Waals surface area contributed by atoms with Crippen molar-refractivity contribution >= 4 is 11.9 Å². The zero-order valence-corrected chi connectivity index (χ0v) is 9.60. The molecule has 0 aliphatic carbocycles. The van der Waals surface area contributed by atoms with Gasteiger partial charge in [-0.05, 0) is 31.2 Å². The van der Waals surface area contributed by atoms with Crippen LogP contribution in [0.25, 0.3) is 0 Å². The Labute approximate surface area is 102 Å². The molecule has 2 rings (SSSR count). The van der Waals surface area contributed by atoms with Gasteiger partial charge >= 0.3 is 5.97 Å². The van der Waals surface area contributed by atoms with Gasteiger partial charge in [0.15, 0.2) is 5.76 Å². The van der Waals surface area contributed by atoms with Crippen LogP contribution in [-0.2, 0) is 6.54 Å². The Hall–Kier alpha value is -2.50. The van der Waals surface area contributed by atoms with Gasteiger partial charge in [0.2, 0.25) is 5.76 Å². The van der Waals surface area contributed by atoms with E-state index in [9.17, 15) is 9.59 Å². The number of carbonyl (C=O) groups excluding carboxylic acids is 1. The molecule has 0 spiro atoms. The van der Waals surface area contributed by atoms with Crippen molar-refractivity contribution in [2.75, 3.05) is 0 Å². The first-order chi connectivity index (χ1) is 8.56. The summed E-state index contributed by atoms with van der Waals surface area (Å²) in [5.41, 5.74) is 0. The SMILES string of the molecule is Cc1ccc(CNC(=O)c2ccc(C(=O)O)o2)o1. The van der Waals surface area contributed by atoms with Gasteiger partial charge in [-0.15, -0.1) is 0 Å². The predicted molar refractivity (Wildman–Crippen MR) is 60.3 cm³/mol. The lowest BCUT2D eigenvalue weighted by Crippen LogP contribution is -2.21. The monoisotopic (exact) mass is 249 g/mol. The molecule has 18 heavy (non-hydrogen) atoms. The Kier molecular flexibility index (Phi) is 3.18. The van der Waals surface area contributed by atoms with Gasteiger partial charge in [-0.3, -0.25) is 4.79 Å². The number of aryl methyl sites for hydroxylation is 1. The summed E-state index contributed by atoms with van der Waals surface area (Å²) in [6, 6.07) is 6.08. The lowest BCUT2D eigenvalue weighted by Gasteiger charge is -1.99. The lowest BCUT2D eigenvalue weighted by atomic mass is 10.4. The summed E-state index contributed by atoms with van der Waals surface area (Å²) in [4.78, 5) is 22.2. The van der Waals surface area contributed by atoms with Crippen LogP contribution in [0.15, 0.2) is 33.1 Å². The molecule has 0 aromatic carbocycles. The summed E-state index contributed by atoms with van der Waals surface area (Å²) in [6.45, 7) is 2.02. The number of carbonyl (C=O) groups is 2. The van der Waals surface area contributed by atoms with E-state index in [4.69, 9.17) is 13.9 Å². The third-order valence-electron chi connectivity index (χ3n) is 2.26. The summed E-state index contributed by atoms with van der Waals surface area (Å²) < 4.78 is 10.1. The fraction of sp³-hybridized carbons (Fsp3) is 0.167. The fourth-order valence-corrected chi connectivity index (χ4v) is 1.41. The third-order valence-corrected chi connectivity index (χ3v) is 2.26. The zero-order valence-electron chi connectivity index (χ0n) is 9.60. The molecule has 94 valence electrons. The number of carboxylic acid groups (broad SMARTS) is 1. The van der Waals surface area contributed by atoms with Crippen molar-refractivity contribution in [3.8, 4) is 0 Å². The fourth-order valence-electron chi connectivity index (χ4n) is 1.41. The van der Waals surface area contributed by atoms with Gasteiger partial charge < -0.3 is 19.3 Å². The van der Waals surface area contributed by atoms with E-state index in [1.165, 1.54) is 12.1 Å². The normalized spacial score (nSPS) is 10.3. The second kappa shape index (κ2) is 4.79. The molecule has 2 aromatic heterocycles. The van der Waals surface area contributed by atoms with E-state index in [2.05, 4.69) is 5.32 Å². The number of rotatable bonds is 4. The maximum atomic E-state index is 11.6. The van der Waals surface area contributed by atoms with E-state index < -0.39 is 11.9 Å². The molecule has 6 heteroatoms. The van der Waals surface area contributed by atoms with Crippen molar-refractivity contribution in [3.05, 3.63) is 47.3 Å². The highest BCUT2D eigenvalue weighted by Gasteiger charge is 2.14. The number of hydrogen-bond donors (Lipinski definition) is 2. The first kappa shape index (κ1) is 12.0. The Balaban J connectivity index is 1.97. The molecule has 2 heterocycles. The Bertz CT molecular complexity index is 581. The van der Waals surface area contributed by atoms with Crippen LogP contribution in [0.4, 0.5) is 0 Å². The molecular weight excluding hydrogens is 238 g/mol. The largest absolute Gasteiger partial charge is 0.475 e. The number of hydrogen-bond acceptors (Lipinski definition) is 4. The highest BCUT2D eigenvalue weighted by atomic mass is 16.4. The van der Waals surface area contributed by atoms with Crippen molar-refractivity contribution in [1.82, 2.24) is 5.32 Å². The molecule has 0 aliphatic heterocycles. The minimum atomic E-state index is -1.21. The second-order valence-corrected chi connectivity index (χ2v) is 3.66. The van der Waals surface area contributed by atoms with Crippen LogP contribution in [0, 0.1) is 6.92 Å². The molecule has 0 saturated carbocycles. The van der Waals surface area contributed by atoms with Crippen LogP contribution in [0.1, 0.15) is 32.6 Å². The van der Waals surface area contributed by atoms with Crippen molar-refractivity contribution < 1.29 is 23.5 Å². The van der Waals surface area contributed by atoms with E-state index in [1.807, 2.05) is 0 Å². The van der Waals surface area contributed by atoms with E-state index in [0.29, 0.717) is 5.76 Å². The Morgan fingerprint density at radius 1 is 1.17 bits per heavy atom. The number of carboxylic acids is 1. The van der Waals surface area contributed by atoms with E-state index in [-0.39, 0.29) is 18.1 Å². The van der Waals surface area contributed by atoms with Crippen LogP contribution in [-0.4, -0.2) is 17.0 Å². The molecule has 0 fully saturated rings. The maximum Gasteiger partial charge on any atom is 0.371 e. The number of aromatic carboxylic acids is 1. The predicted octanol–water partition coefficient (Wildman–Crippen LogP) is 1.81. The van der Waals surface area contributed by atoms with Crippen LogP contribution in [0.3, 0.4) is 0 Å². The molecule has 0 radical (unpaired) electrons. The molecule has 0 bridgehead atoms. The van der Waals surface area contributed by atoms with Gasteiger partial charge in [0, 0.05) is 0 Å². The van der Waals surface area contributed by atoms with Crippen molar-refractivity contribution in [2.45, 2.75) is 13.5 Å². The molecule has 0 saturated heterocycles. The van der Waals surface area contributed by atoms with E-state index in [1.54, 1.807) is 19.1 Å². The topological polar surface area (TPSA) is 92.7 Å². The first-order valence-electron chi connectivity index (χ1n) is 5.23. The molecule has 0 aliphatic rings. The zero-order chi connectivity index (χ0) is 13.1. The van der Waals surface area contributed by atoms with Crippen molar-refractivity contribution in [3.63, 3.8) is 0 Å². The summed E-state index contributed by atoms with van der Waals surface area (Å²) in [6.07, 6.45) is 0. The Morgan fingerprint density at radius 3 is 2.44 bits per heavy atom. The highest BCUT2D eigenvalue weighted by molar-refractivity contribution is 5.93. The summed E-state index contributed by atoms with van der Waals surface area (Å²) in [5.74, 6) is -0.645. The van der Waals surface area contributed by atoms with E-state index >= 15 is 0 Å². The second-order valence-electron chi connectivity index (χ2n) is 3.66. The van der Waals surface area contributed by atoms with Gasteiger partial charge in [-0.25, -0.2) is 4.79 Å². The first-order valence-corrected chi connectivity index (χ1v) is 5.23. The number of furan rings is 2. The number of nitrogens with one attached hydrogen (secondary N) is 1. The molecule has 1 amide bonds. The third kappa shape index (κ3) is 2.60. The molecule has 2 N–H and O–H groups in total. The molecular formula is C12H11NO5. The van der Waals surface area contributed by atoms with Crippen LogP contribution in [0.2, 0.25) is 0 Å². The standard InChI is InChI=1S/C12H11NO5/c1-7-2-3-8(17-7)6-13-11(14)9-4-5-10(18-9)12(15)16/h2-5H,6H2,1H3,(H,13,14)(H,15,16).